The predicted molar refractivity (Wildman–Crippen MR) is 80.5 cm³/mol. The molecule has 0 aliphatic heterocycles. The molecule has 0 aromatic heterocycles. The average molecular weight is 249 g/mol. The fraction of sp³-hybridized carbons (Fsp3) is 0.882. The lowest BCUT2D eigenvalue weighted by Crippen LogP contribution is -2.39. The van der Waals surface area contributed by atoms with Crippen molar-refractivity contribution >= 4 is 0 Å². The van der Waals surface area contributed by atoms with Crippen molar-refractivity contribution in [1.29, 1.82) is 0 Å². The Bertz CT molecular complexity index is 240. The lowest BCUT2D eigenvalue weighted by Gasteiger charge is -2.35. The SMILES string of the molecule is C#CCCCC(NCCC)C1CCCC(CC)C1. The first kappa shape index (κ1) is 15.6. The number of hydrogen-bond acceptors (Lipinski definition) is 1. The lowest BCUT2D eigenvalue weighted by atomic mass is 9.75. The molecule has 0 aromatic rings. The molecule has 0 spiro atoms. The van der Waals surface area contributed by atoms with Gasteiger partial charge in [-0.3, -0.25) is 0 Å². The third-order valence-corrected chi connectivity index (χ3v) is 4.46. The number of terminal acetylenes is 1. The molecule has 1 aliphatic carbocycles. The first-order valence-electron chi connectivity index (χ1n) is 7.98. The molecule has 0 heterocycles. The van der Waals surface area contributed by atoms with Crippen molar-refractivity contribution in [2.45, 2.75) is 77.7 Å². The quantitative estimate of drug-likeness (QED) is 0.497. The Morgan fingerprint density at radius 1 is 1.33 bits per heavy atom. The standard InChI is InChI=1S/C17H31N/c1-4-7-8-12-17(18-13-5-2)16-11-9-10-15(6-3)14-16/h1,15-18H,5-14H2,2-3H3. The minimum absolute atomic E-state index is 0.715. The van der Waals surface area contributed by atoms with Gasteiger partial charge in [-0.1, -0.05) is 33.1 Å². The van der Waals surface area contributed by atoms with E-state index in [2.05, 4.69) is 25.1 Å². The molecule has 0 bridgehead atoms. The second-order valence-electron chi connectivity index (χ2n) is 5.86. The molecule has 0 saturated heterocycles. The van der Waals surface area contributed by atoms with Crippen molar-refractivity contribution in [3.8, 4) is 12.3 Å². The Morgan fingerprint density at radius 3 is 2.83 bits per heavy atom. The summed E-state index contributed by atoms with van der Waals surface area (Å²) in [6.45, 7) is 5.76. The molecular weight excluding hydrogens is 218 g/mol. The Morgan fingerprint density at radius 2 is 2.17 bits per heavy atom. The molecule has 1 aliphatic rings. The molecule has 0 amide bonds. The second-order valence-corrected chi connectivity index (χ2v) is 5.86. The normalized spacial score (nSPS) is 25.6. The van der Waals surface area contributed by atoms with Crippen molar-refractivity contribution in [2.24, 2.45) is 11.8 Å². The molecule has 3 atom stereocenters. The van der Waals surface area contributed by atoms with Crippen LogP contribution in [0, 0.1) is 24.2 Å². The van der Waals surface area contributed by atoms with E-state index in [1.54, 1.807) is 0 Å². The summed E-state index contributed by atoms with van der Waals surface area (Å²) < 4.78 is 0. The Kier molecular flexibility index (Phi) is 8.18. The molecule has 3 unspecified atom stereocenters. The van der Waals surface area contributed by atoms with Crippen LogP contribution < -0.4 is 5.32 Å². The van der Waals surface area contributed by atoms with E-state index in [0.717, 1.165) is 24.8 Å². The van der Waals surface area contributed by atoms with Gasteiger partial charge in [0.1, 0.15) is 0 Å². The summed E-state index contributed by atoms with van der Waals surface area (Å²) in [4.78, 5) is 0. The van der Waals surface area contributed by atoms with E-state index in [9.17, 15) is 0 Å². The van der Waals surface area contributed by atoms with E-state index in [1.165, 1.54) is 51.4 Å². The zero-order chi connectivity index (χ0) is 13.2. The maximum atomic E-state index is 5.37. The van der Waals surface area contributed by atoms with Crippen molar-refractivity contribution in [1.82, 2.24) is 5.32 Å². The van der Waals surface area contributed by atoms with E-state index >= 15 is 0 Å². The second kappa shape index (κ2) is 9.45. The molecule has 0 radical (unpaired) electrons. The first-order chi connectivity index (χ1) is 8.81. The molecule has 1 rings (SSSR count). The summed E-state index contributed by atoms with van der Waals surface area (Å²) in [5.74, 6) is 4.64. The highest BCUT2D eigenvalue weighted by molar-refractivity contribution is 4.86. The van der Waals surface area contributed by atoms with E-state index in [1.807, 2.05) is 0 Å². The summed E-state index contributed by atoms with van der Waals surface area (Å²) in [5, 5.41) is 3.77. The highest BCUT2D eigenvalue weighted by Crippen LogP contribution is 2.34. The summed E-state index contributed by atoms with van der Waals surface area (Å²) in [6, 6.07) is 0.715. The van der Waals surface area contributed by atoms with Crippen LogP contribution in [0.25, 0.3) is 0 Å². The molecule has 1 heteroatoms. The lowest BCUT2D eigenvalue weighted by molar-refractivity contribution is 0.200. The highest BCUT2D eigenvalue weighted by Gasteiger charge is 2.26. The van der Waals surface area contributed by atoms with Gasteiger partial charge in [-0.05, 0) is 50.5 Å². The number of hydrogen-bond donors (Lipinski definition) is 1. The number of nitrogens with one attached hydrogen (secondary N) is 1. The summed E-state index contributed by atoms with van der Waals surface area (Å²) in [7, 11) is 0. The van der Waals surface area contributed by atoms with Crippen LogP contribution in [0.4, 0.5) is 0 Å². The number of unbranched alkanes of at least 4 members (excludes halogenated alkanes) is 1. The van der Waals surface area contributed by atoms with Gasteiger partial charge in [0.05, 0.1) is 0 Å². The molecule has 1 saturated carbocycles. The Balaban J connectivity index is 2.43. The minimum atomic E-state index is 0.715. The molecule has 1 N–H and O–H groups in total. The monoisotopic (exact) mass is 249 g/mol. The summed E-state index contributed by atoms with van der Waals surface area (Å²) in [6.07, 6.45) is 17.1. The molecule has 1 nitrogen and oxygen atoms in total. The van der Waals surface area contributed by atoms with Gasteiger partial charge in [0, 0.05) is 12.5 Å². The van der Waals surface area contributed by atoms with Crippen LogP contribution in [0.5, 0.6) is 0 Å². The van der Waals surface area contributed by atoms with Crippen LogP contribution in [-0.4, -0.2) is 12.6 Å². The van der Waals surface area contributed by atoms with Crippen LogP contribution in [0.1, 0.15) is 71.6 Å². The average Bonchev–Trinajstić information content (AvgIpc) is 2.42. The van der Waals surface area contributed by atoms with Gasteiger partial charge in [-0.2, -0.15) is 0 Å². The highest BCUT2D eigenvalue weighted by atomic mass is 14.9. The Hall–Kier alpha value is -0.480. The van der Waals surface area contributed by atoms with Crippen molar-refractivity contribution in [3.63, 3.8) is 0 Å². The van der Waals surface area contributed by atoms with Crippen LogP contribution in [0.15, 0.2) is 0 Å². The Labute approximate surface area is 114 Å². The van der Waals surface area contributed by atoms with E-state index in [4.69, 9.17) is 6.42 Å². The van der Waals surface area contributed by atoms with E-state index in [0.29, 0.717) is 6.04 Å². The van der Waals surface area contributed by atoms with Crippen LogP contribution in [0.2, 0.25) is 0 Å². The fourth-order valence-electron chi connectivity index (χ4n) is 3.33. The van der Waals surface area contributed by atoms with E-state index < -0.39 is 0 Å². The number of rotatable bonds is 8. The summed E-state index contributed by atoms with van der Waals surface area (Å²) in [5.41, 5.74) is 0. The van der Waals surface area contributed by atoms with Gasteiger partial charge in [-0.15, -0.1) is 12.3 Å². The maximum absolute atomic E-state index is 5.37. The molecular formula is C17H31N. The largest absolute Gasteiger partial charge is 0.314 e. The van der Waals surface area contributed by atoms with Gasteiger partial charge in [0.15, 0.2) is 0 Å². The first-order valence-corrected chi connectivity index (χ1v) is 7.98. The molecule has 0 aromatic carbocycles. The van der Waals surface area contributed by atoms with Crippen molar-refractivity contribution in [2.75, 3.05) is 6.54 Å². The fourth-order valence-corrected chi connectivity index (χ4v) is 3.33. The van der Waals surface area contributed by atoms with Crippen molar-refractivity contribution < 1.29 is 0 Å². The smallest absolute Gasteiger partial charge is 0.00957 e. The molecule has 18 heavy (non-hydrogen) atoms. The van der Waals surface area contributed by atoms with Crippen LogP contribution >= 0.6 is 0 Å². The van der Waals surface area contributed by atoms with Gasteiger partial charge < -0.3 is 5.32 Å². The zero-order valence-electron chi connectivity index (χ0n) is 12.4. The van der Waals surface area contributed by atoms with Crippen LogP contribution in [-0.2, 0) is 0 Å². The van der Waals surface area contributed by atoms with Crippen molar-refractivity contribution in [3.05, 3.63) is 0 Å². The maximum Gasteiger partial charge on any atom is 0.00957 e. The van der Waals surface area contributed by atoms with E-state index in [-0.39, 0.29) is 0 Å². The topological polar surface area (TPSA) is 12.0 Å². The van der Waals surface area contributed by atoms with Crippen LogP contribution in [0.3, 0.4) is 0 Å². The van der Waals surface area contributed by atoms with Gasteiger partial charge in [-0.25, -0.2) is 0 Å². The third-order valence-electron chi connectivity index (χ3n) is 4.46. The zero-order valence-corrected chi connectivity index (χ0v) is 12.4. The predicted octanol–water partition coefficient (Wildman–Crippen LogP) is 4.37. The molecule has 104 valence electrons. The minimum Gasteiger partial charge on any atom is -0.314 e. The third kappa shape index (κ3) is 5.44. The van der Waals surface area contributed by atoms with Gasteiger partial charge >= 0.3 is 0 Å². The van der Waals surface area contributed by atoms with Gasteiger partial charge in [0.2, 0.25) is 0 Å². The molecule has 1 fully saturated rings. The van der Waals surface area contributed by atoms with Gasteiger partial charge in [0.25, 0.3) is 0 Å². The summed E-state index contributed by atoms with van der Waals surface area (Å²) >= 11 is 0.